The van der Waals surface area contributed by atoms with E-state index in [1.54, 1.807) is 23.7 Å². The minimum atomic E-state index is 0.412. The summed E-state index contributed by atoms with van der Waals surface area (Å²) in [5.41, 5.74) is 1.91. The molecule has 3 aromatic heterocycles. The summed E-state index contributed by atoms with van der Waals surface area (Å²) >= 11 is 1.59. The van der Waals surface area contributed by atoms with Gasteiger partial charge in [0.15, 0.2) is 5.65 Å². The fraction of sp³-hybridized carbons (Fsp3) is 0.333. The molecule has 0 amide bonds. The average molecular weight is 274 g/mol. The lowest BCUT2D eigenvalue weighted by Gasteiger charge is -2.01. The maximum atomic E-state index is 4.29. The van der Waals surface area contributed by atoms with Crippen LogP contribution >= 0.6 is 11.3 Å². The van der Waals surface area contributed by atoms with Gasteiger partial charge in [0.25, 0.3) is 0 Å². The van der Waals surface area contributed by atoms with Gasteiger partial charge in [0.1, 0.15) is 5.01 Å². The van der Waals surface area contributed by atoms with Crippen molar-refractivity contribution in [3.63, 3.8) is 0 Å². The van der Waals surface area contributed by atoms with E-state index in [2.05, 4.69) is 39.3 Å². The van der Waals surface area contributed by atoms with E-state index in [4.69, 9.17) is 0 Å². The Labute approximate surface area is 114 Å². The number of nitrogens with zero attached hydrogens (tertiary/aromatic N) is 5. The van der Waals surface area contributed by atoms with Crippen LogP contribution < -0.4 is 5.32 Å². The lowest BCUT2D eigenvalue weighted by molar-refractivity contribution is 0.824. The van der Waals surface area contributed by atoms with Crippen LogP contribution in [0.15, 0.2) is 24.8 Å². The van der Waals surface area contributed by atoms with Crippen LogP contribution in [0, 0.1) is 0 Å². The molecule has 0 aliphatic carbocycles. The van der Waals surface area contributed by atoms with Crippen LogP contribution in [0.5, 0.6) is 0 Å². The van der Waals surface area contributed by atoms with E-state index in [1.807, 2.05) is 16.8 Å². The second-order valence-electron chi connectivity index (χ2n) is 4.51. The molecular formula is C12H14N6S. The van der Waals surface area contributed by atoms with Gasteiger partial charge in [-0.15, -0.1) is 10.2 Å². The third-order valence-electron chi connectivity index (χ3n) is 2.75. The molecule has 6 nitrogen and oxygen atoms in total. The van der Waals surface area contributed by atoms with E-state index < -0.39 is 0 Å². The summed E-state index contributed by atoms with van der Waals surface area (Å²) in [6, 6.07) is 0. The molecule has 0 aromatic carbocycles. The molecule has 3 rings (SSSR count). The maximum Gasteiger partial charge on any atom is 0.206 e. The number of rotatable bonds is 4. The minimum Gasteiger partial charge on any atom is -0.354 e. The van der Waals surface area contributed by atoms with Crippen molar-refractivity contribution in [1.29, 1.82) is 0 Å². The predicted octanol–water partition coefficient (Wildman–Crippen LogP) is 2.32. The van der Waals surface area contributed by atoms with Crippen molar-refractivity contribution in [1.82, 2.24) is 24.6 Å². The molecule has 7 heteroatoms. The van der Waals surface area contributed by atoms with E-state index in [1.165, 1.54) is 0 Å². The van der Waals surface area contributed by atoms with Crippen molar-refractivity contribution in [2.75, 3.05) is 5.32 Å². The van der Waals surface area contributed by atoms with E-state index in [0.29, 0.717) is 12.5 Å². The zero-order chi connectivity index (χ0) is 13.2. The van der Waals surface area contributed by atoms with Gasteiger partial charge in [0, 0.05) is 18.3 Å². The first-order valence-electron chi connectivity index (χ1n) is 6.07. The van der Waals surface area contributed by atoms with Gasteiger partial charge in [0.05, 0.1) is 24.6 Å². The molecule has 0 aliphatic rings. The SMILES string of the molecule is CC(C)c1nnc(NCc2cnc3cnccn23)s1. The summed E-state index contributed by atoms with van der Waals surface area (Å²) in [6.45, 7) is 4.89. The first-order valence-corrected chi connectivity index (χ1v) is 6.89. The zero-order valence-electron chi connectivity index (χ0n) is 10.7. The Balaban J connectivity index is 1.75. The fourth-order valence-corrected chi connectivity index (χ4v) is 2.47. The molecule has 0 saturated heterocycles. The van der Waals surface area contributed by atoms with Crippen molar-refractivity contribution in [2.24, 2.45) is 0 Å². The van der Waals surface area contributed by atoms with Crippen LogP contribution in [-0.2, 0) is 6.54 Å². The van der Waals surface area contributed by atoms with Crippen molar-refractivity contribution in [2.45, 2.75) is 26.3 Å². The third kappa shape index (κ3) is 2.41. The number of fused-ring (bicyclic) bond motifs is 1. The Hall–Kier alpha value is -2.02. The van der Waals surface area contributed by atoms with Gasteiger partial charge >= 0.3 is 0 Å². The van der Waals surface area contributed by atoms with Gasteiger partial charge in [0.2, 0.25) is 5.13 Å². The molecule has 0 radical (unpaired) electrons. The molecule has 98 valence electrons. The molecule has 3 aromatic rings. The first-order chi connectivity index (χ1) is 9.24. The van der Waals surface area contributed by atoms with Gasteiger partial charge in [-0.25, -0.2) is 4.98 Å². The highest BCUT2D eigenvalue weighted by Gasteiger charge is 2.08. The van der Waals surface area contributed by atoms with Crippen LogP contribution in [-0.4, -0.2) is 24.6 Å². The molecule has 3 heterocycles. The maximum absolute atomic E-state index is 4.29. The minimum absolute atomic E-state index is 0.412. The second kappa shape index (κ2) is 4.93. The molecular weight excluding hydrogens is 260 g/mol. The van der Waals surface area contributed by atoms with E-state index in [0.717, 1.165) is 21.5 Å². The Kier molecular flexibility index (Phi) is 3.12. The molecule has 0 saturated carbocycles. The number of anilines is 1. The highest BCUT2D eigenvalue weighted by atomic mass is 32.1. The summed E-state index contributed by atoms with van der Waals surface area (Å²) < 4.78 is 2.00. The van der Waals surface area contributed by atoms with Crippen LogP contribution in [0.4, 0.5) is 5.13 Å². The molecule has 0 spiro atoms. The van der Waals surface area contributed by atoms with Crippen LogP contribution in [0.25, 0.3) is 5.65 Å². The number of hydrogen-bond donors (Lipinski definition) is 1. The Morgan fingerprint density at radius 1 is 1.32 bits per heavy atom. The largest absolute Gasteiger partial charge is 0.354 e. The van der Waals surface area contributed by atoms with Crippen LogP contribution in [0.1, 0.15) is 30.5 Å². The molecule has 0 fully saturated rings. The van der Waals surface area contributed by atoms with Crippen molar-refractivity contribution in [3.05, 3.63) is 35.5 Å². The highest BCUT2D eigenvalue weighted by Crippen LogP contribution is 2.22. The van der Waals surface area contributed by atoms with Gasteiger partial charge in [-0.1, -0.05) is 25.2 Å². The van der Waals surface area contributed by atoms with Gasteiger partial charge in [-0.2, -0.15) is 0 Å². The number of hydrogen-bond acceptors (Lipinski definition) is 6. The van der Waals surface area contributed by atoms with Crippen LogP contribution in [0.2, 0.25) is 0 Å². The van der Waals surface area contributed by atoms with Gasteiger partial charge in [-0.05, 0) is 0 Å². The molecule has 0 bridgehead atoms. The molecule has 0 aliphatic heterocycles. The second-order valence-corrected chi connectivity index (χ2v) is 5.52. The smallest absolute Gasteiger partial charge is 0.206 e. The number of aromatic nitrogens is 5. The Morgan fingerprint density at radius 2 is 2.21 bits per heavy atom. The Morgan fingerprint density at radius 3 is 3.00 bits per heavy atom. The summed E-state index contributed by atoms with van der Waals surface area (Å²) in [5, 5.41) is 13.4. The summed E-state index contributed by atoms with van der Waals surface area (Å²) in [7, 11) is 0. The van der Waals surface area contributed by atoms with E-state index >= 15 is 0 Å². The van der Waals surface area contributed by atoms with Gasteiger partial charge < -0.3 is 5.32 Å². The Bertz CT molecular complexity index is 686. The number of nitrogens with one attached hydrogen (secondary N) is 1. The topological polar surface area (TPSA) is 68.0 Å². The molecule has 19 heavy (non-hydrogen) atoms. The van der Waals surface area contributed by atoms with Crippen molar-refractivity contribution >= 4 is 22.1 Å². The molecule has 0 unspecified atom stereocenters. The van der Waals surface area contributed by atoms with Crippen molar-refractivity contribution < 1.29 is 0 Å². The summed E-state index contributed by atoms with van der Waals surface area (Å²) in [4.78, 5) is 8.34. The van der Waals surface area contributed by atoms with Crippen molar-refractivity contribution in [3.8, 4) is 0 Å². The molecule has 1 N–H and O–H groups in total. The fourth-order valence-electron chi connectivity index (χ4n) is 1.73. The number of imidazole rings is 1. The van der Waals surface area contributed by atoms with E-state index in [-0.39, 0.29) is 0 Å². The standard InChI is InChI=1S/C12H14N6S/c1-8(2)11-16-17-12(19-11)15-6-9-5-14-10-7-13-3-4-18(9)10/h3-5,7-8H,6H2,1-2H3,(H,15,17). The van der Waals surface area contributed by atoms with Crippen LogP contribution in [0.3, 0.4) is 0 Å². The third-order valence-corrected chi connectivity index (χ3v) is 3.93. The highest BCUT2D eigenvalue weighted by molar-refractivity contribution is 7.15. The van der Waals surface area contributed by atoms with E-state index in [9.17, 15) is 0 Å². The van der Waals surface area contributed by atoms with Gasteiger partial charge in [-0.3, -0.25) is 9.38 Å². The normalized spacial score (nSPS) is 11.3. The lowest BCUT2D eigenvalue weighted by Crippen LogP contribution is -2.02. The predicted molar refractivity (Wildman–Crippen MR) is 74.3 cm³/mol. The summed E-state index contributed by atoms with van der Waals surface area (Å²) in [6.07, 6.45) is 7.23. The lowest BCUT2D eigenvalue weighted by atomic mass is 10.2. The first kappa shape index (κ1) is 12.0. The molecule has 0 atom stereocenters. The monoisotopic (exact) mass is 274 g/mol. The summed E-state index contributed by atoms with van der Waals surface area (Å²) in [5.74, 6) is 0.412. The zero-order valence-corrected chi connectivity index (χ0v) is 11.6. The average Bonchev–Trinajstić information content (AvgIpc) is 3.03. The quantitative estimate of drug-likeness (QED) is 0.790.